The number of imide groups is 1. The lowest BCUT2D eigenvalue weighted by Crippen LogP contribution is -2.43. The number of hydrogen-bond acceptors (Lipinski definition) is 4. The van der Waals surface area contributed by atoms with Gasteiger partial charge in [-0.05, 0) is 13.0 Å². The van der Waals surface area contributed by atoms with E-state index in [-0.39, 0.29) is 13.2 Å². The number of carbonyl (C=O) groups excluding carboxylic acids is 2. The molecule has 4 N–H and O–H groups in total. The number of hydrogen-bond donors (Lipinski definition) is 3. The van der Waals surface area contributed by atoms with E-state index >= 15 is 0 Å². The number of urea groups is 1. The smallest absolute Gasteiger partial charge is 0.318 e. The molecule has 14 heavy (non-hydrogen) atoms. The van der Waals surface area contributed by atoms with Crippen molar-refractivity contribution in [3.8, 4) is 0 Å². The van der Waals surface area contributed by atoms with Crippen molar-refractivity contribution in [1.29, 1.82) is 0 Å². The van der Waals surface area contributed by atoms with Gasteiger partial charge in [-0.25, -0.2) is 4.79 Å². The summed E-state index contributed by atoms with van der Waals surface area (Å²) < 4.78 is 0. The van der Waals surface area contributed by atoms with Gasteiger partial charge in [-0.1, -0.05) is 6.92 Å². The lowest BCUT2D eigenvalue weighted by Gasteiger charge is -2.18. The molecule has 0 aromatic rings. The second-order valence-electron chi connectivity index (χ2n) is 2.91. The van der Waals surface area contributed by atoms with Crippen LogP contribution in [0.15, 0.2) is 0 Å². The fraction of sp³-hybridized carbons (Fsp3) is 0.750. The predicted molar refractivity (Wildman–Crippen MR) is 51.5 cm³/mol. The Balaban J connectivity index is 3.88. The zero-order valence-electron chi connectivity index (χ0n) is 8.32. The van der Waals surface area contributed by atoms with Crippen LogP contribution in [0.3, 0.4) is 0 Å². The molecule has 0 unspecified atom stereocenters. The second-order valence-corrected chi connectivity index (χ2v) is 2.91. The van der Waals surface area contributed by atoms with Crippen molar-refractivity contribution in [2.24, 2.45) is 5.73 Å². The van der Waals surface area contributed by atoms with E-state index in [4.69, 9.17) is 10.8 Å². The minimum Gasteiger partial charge on any atom is -0.395 e. The van der Waals surface area contributed by atoms with E-state index in [1.165, 1.54) is 0 Å². The van der Waals surface area contributed by atoms with Gasteiger partial charge < -0.3 is 10.8 Å². The van der Waals surface area contributed by atoms with Gasteiger partial charge in [0.05, 0.1) is 13.2 Å². The maximum atomic E-state index is 11.1. The molecule has 6 nitrogen and oxygen atoms in total. The van der Waals surface area contributed by atoms with Crippen LogP contribution in [0.25, 0.3) is 0 Å². The first kappa shape index (κ1) is 12.9. The van der Waals surface area contributed by atoms with Crippen molar-refractivity contribution < 1.29 is 14.7 Å². The molecule has 0 aromatic heterocycles. The fourth-order valence-corrected chi connectivity index (χ4v) is 1.11. The van der Waals surface area contributed by atoms with Crippen LogP contribution in [-0.4, -0.2) is 48.2 Å². The summed E-state index contributed by atoms with van der Waals surface area (Å²) in [5.41, 5.74) is 4.78. The molecular formula is C8H17N3O3. The standard InChI is InChI=1S/C8H17N3O3/c1-2-3-11(4-5-12)6-7(13)10-8(9)14/h12H,2-6H2,1H3,(H3,9,10,13,14). The van der Waals surface area contributed by atoms with E-state index in [0.717, 1.165) is 6.42 Å². The van der Waals surface area contributed by atoms with Crippen LogP contribution in [0, 0.1) is 0 Å². The van der Waals surface area contributed by atoms with Crippen LogP contribution in [0.5, 0.6) is 0 Å². The summed E-state index contributed by atoms with van der Waals surface area (Å²) in [7, 11) is 0. The van der Waals surface area contributed by atoms with E-state index in [0.29, 0.717) is 13.1 Å². The molecule has 0 rings (SSSR count). The molecule has 6 heteroatoms. The lowest BCUT2D eigenvalue weighted by molar-refractivity contribution is -0.121. The van der Waals surface area contributed by atoms with Crippen LogP contribution >= 0.6 is 0 Å². The first-order valence-corrected chi connectivity index (χ1v) is 4.52. The number of nitrogens with two attached hydrogens (primary N) is 1. The molecule has 0 fully saturated rings. The van der Waals surface area contributed by atoms with Gasteiger partial charge in [-0.2, -0.15) is 0 Å². The third kappa shape index (κ3) is 6.38. The van der Waals surface area contributed by atoms with Crippen molar-refractivity contribution in [2.45, 2.75) is 13.3 Å². The summed E-state index contributed by atoms with van der Waals surface area (Å²) in [6.07, 6.45) is 0.879. The molecule has 0 heterocycles. The largest absolute Gasteiger partial charge is 0.395 e. The molecule has 0 atom stereocenters. The van der Waals surface area contributed by atoms with Crippen molar-refractivity contribution in [3.63, 3.8) is 0 Å². The van der Waals surface area contributed by atoms with Gasteiger partial charge in [0.2, 0.25) is 5.91 Å². The molecule has 3 amide bonds. The number of primary amides is 1. The highest BCUT2D eigenvalue weighted by Gasteiger charge is 2.10. The van der Waals surface area contributed by atoms with E-state index in [2.05, 4.69) is 0 Å². The highest BCUT2D eigenvalue weighted by Crippen LogP contribution is 1.90. The van der Waals surface area contributed by atoms with E-state index in [9.17, 15) is 9.59 Å². The number of nitrogens with zero attached hydrogens (tertiary/aromatic N) is 1. The Hall–Kier alpha value is -1.14. The number of aliphatic hydroxyl groups excluding tert-OH is 1. The normalized spacial score (nSPS) is 10.2. The van der Waals surface area contributed by atoms with E-state index < -0.39 is 11.9 Å². The Morgan fingerprint density at radius 2 is 2.07 bits per heavy atom. The van der Waals surface area contributed by atoms with Crippen molar-refractivity contribution >= 4 is 11.9 Å². The number of rotatable bonds is 6. The maximum Gasteiger partial charge on any atom is 0.318 e. The summed E-state index contributed by atoms with van der Waals surface area (Å²) >= 11 is 0. The second kappa shape index (κ2) is 7.28. The summed E-state index contributed by atoms with van der Waals surface area (Å²) in [5.74, 6) is -0.445. The van der Waals surface area contributed by atoms with E-state index in [1.807, 2.05) is 12.2 Å². The van der Waals surface area contributed by atoms with Gasteiger partial charge in [0.25, 0.3) is 0 Å². The zero-order chi connectivity index (χ0) is 11.0. The highest BCUT2D eigenvalue weighted by atomic mass is 16.3. The maximum absolute atomic E-state index is 11.1. The fourth-order valence-electron chi connectivity index (χ4n) is 1.11. The zero-order valence-corrected chi connectivity index (χ0v) is 8.32. The molecule has 0 bridgehead atoms. The van der Waals surface area contributed by atoms with Gasteiger partial charge in [-0.15, -0.1) is 0 Å². The third-order valence-electron chi connectivity index (χ3n) is 1.59. The summed E-state index contributed by atoms with van der Waals surface area (Å²) in [4.78, 5) is 23.2. The SMILES string of the molecule is CCCN(CCO)CC(=O)NC(N)=O. The number of carbonyl (C=O) groups is 2. The Bertz CT molecular complexity index is 190. The molecule has 0 saturated carbocycles. The Kier molecular flexibility index (Phi) is 6.69. The van der Waals surface area contributed by atoms with Crippen molar-refractivity contribution in [1.82, 2.24) is 10.2 Å². The summed E-state index contributed by atoms with van der Waals surface area (Å²) in [6, 6.07) is -0.851. The minimum atomic E-state index is -0.851. The van der Waals surface area contributed by atoms with Crippen LogP contribution in [0.1, 0.15) is 13.3 Å². The Morgan fingerprint density at radius 1 is 1.43 bits per heavy atom. The molecular weight excluding hydrogens is 186 g/mol. The molecule has 0 aliphatic rings. The van der Waals surface area contributed by atoms with Crippen molar-refractivity contribution in [2.75, 3.05) is 26.2 Å². The summed E-state index contributed by atoms with van der Waals surface area (Å²) in [6.45, 7) is 3.16. The Morgan fingerprint density at radius 3 is 2.50 bits per heavy atom. The Labute approximate surface area is 83.1 Å². The number of amides is 3. The van der Waals surface area contributed by atoms with Crippen LogP contribution in [0.4, 0.5) is 4.79 Å². The lowest BCUT2D eigenvalue weighted by atomic mass is 10.4. The number of nitrogens with one attached hydrogen (secondary N) is 1. The summed E-state index contributed by atoms with van der Waals surface area (Å²) in [5, 5.41) is 10.7. The average molecular weight is 203 g/mol. The molecule has 0 radical (unpaired) electrons. The van der Waals surface area contributed by atoms with Crippen LogP contribution < -0.4 is 11.1 Å². The van der Waals surface area contributed by atoms with Gasteiger partial charge >= 0.3 is 6.03 Å². The van der Waals surface area contributed by atoms with Gasteiger partial charge in [0, 0.05) is 6.54 Å². The quantitative estimate of drug-likeness (QED) is 0.510. The van der Waals surface area contributed by atoms with Crippen LogP contribution in [0.2, 0.25) is 0 Å². The number of aliphatic hydroxyl groups is 1. The molecule has 0 spiro atoms. The average Bonchev–Trinajstić information content (AvgIpc) is 2.03. The van der Waals surface area contributed by atoms with Crippen molar-refractivity contribution in [3.05, 3.63) is 0 Å². The molecule has 82 valence electrons. The van der Waals surface area contributed by atoms with Gasteiger partial charge in [-0.3, -0.25) is 15.0 Å². The predicted octanol–water partition coefficient (Wildman–Crippen LogP) is -1.11. The molecule has 0 aliphatic heterocycles. The van der Waals surface area contributed by atoms with Gasteiger partial charge in [0.1, 0.15) is 0 Å². The third-order valence-corrected chi connectivity index (χ3v) is 1.59. The minimum absolute atomic E-state index is 0.0101. The highest BCUT2D eigenvalue weighted by molar-refractivity contribution is 5.94. The van der Waals surface area contributed by atoms with E-state index in [1.54, 1.807) is 4.90 Å². The monoisotopic (exact) mass is 203 g/mol. The first-order chi connectivity index (χ1) is 6.60. The molecule has 0 saturated heterocycles. The molecule has 0 aromatic carbocycles. The molecule has 0 aliphatic carbocycles. The van der Waals surface area contributed by atoms with Gasteiger partial charge in [0.15, 0.2) is 0 Å². The topological polar surface area (TPSA) is 95.7 Å². The first-order valence-electron chi connectivity index (χ1n) is 4.52. The van der Waals surface area contributed by atoms with Crippen LogP contribution in [-0.2, 0) is 4.79 Å².